The minimum absolute atomic E-state index is 0.0807. The van der Waals surface area contributed by atoms with Crippen molar-refractivity contribution in [3.8, 4) is 11.4 Å². The van der Waals surface area contributed by atoms with Crippen LogP contribution >= 0.6 is 11.8 Å². The summed E-state index contributed by atoms with van der Waals surface area (Å²) in [6.07, 6.45) is 1.81. The van der Waals surface area contributed by atoms with Crippen LogP contribution in [0.3, 0.4) is 0 Å². The van der Waals surface area contributed by atoms with Crippen molar-refractivity contribution in [2.24, 2.45) is 0 Å². The maximum absolute atomic E-state index is 12.7. The van der Waals surface area contributed by atoms with Crippen molar-refractivity contribution in [1.29, 1.82) is 0 Å². The van der Waals surface area contributed by atoms with E-state index < -0.39 is 0 Å². The molecule has 0 spiro atoms. The average molecular weight is 422 g/mol. The number of benzene rings is 2. The van der Waals surface area contributed by atoms with Crippen LogP contribution in [0.15, 0.2) is 66.3 Å². The van der Waals surface area contributed by atoms with E-state index in [1.54, 1.807) is 0 Å². The summed E-state index contributed by atoms with van der Waals surface area (Å²) in [4.78, 5) is 14.7. The van der Waals surface area contributed by atoms with Crippen molar-refractivity contribution in [3.05, 3.63) is 66.7 Å². The summed E-state index contributed by atoms with van der Waals surface area (Å²) in [5.41, 5.74) is 4.00. The number of carbonyl (C=O) groups excluding carboxylic acids is 1. The van der Waals surface area contributed by atoms with E-state index in [1.807, 2.05) is 86.0 Å². The number of anilines is 2. The minimum atomic E-state index is -0.336. The van der Waals surface area contributed by atoms with Crippen molar-refractivity contribution in [1.82, 2.24) is 14.8 Å². The molecule has 6 nitrogen and oxygen atoms in total. The summed E-state index contributed by atoms with van der Waals surface area (Å²) in [5, 5.41) is 12.0. The van der Waals surface area contributed by atoms with E-state index in [9.17, 15) is 4.79 Å². The summed E-state index contributed by atoms with van der Waals surface area (Å²) >= 11 is 1.39. The van der Waals surface area contributed by atoms with Gasteiger partial charge in [-0.05, 0) is 44.2 Å². The monoisotopic (exact) mass is 421 g/mol. The molecule has 7 heteroatoms. The number of amides is 1. The molecule has 0 radical (unpaired) electrons. The van der Waals surface area contributed by atoms with Crippen molar-refractivity contribution in [2.45, 2.75) is 30.8 Å². The molecular formula is C23H27N5OS. The normalized spacial score (nSPS) is 11.7. The van der Waals surface area contributed by atoms with E-state index >= 15 is 0 Å². The first kappa shape index (κ1) is 21.6. The predicted octanol–water partition coefficient (Wildman–Crippen LogP) is 4.62. The molecule has 3 aromatic rings. The fourth-order valence-electron chi connectivity index (χ4n) is 2.97. The molecule has 0 saturated carbocycles. The lowest BCUT2D eigenvalue weighted by molar-refractivity contribution is -0.115. The quantitative estimate of drug-likeness (QED) is 0.425. The van der Waals surface area contributed by atoms with Crippen LogP contribution < -0.4 is 10.2 Å². The molecule has 0 aliphatic heterocycles. The summed E-state index contributed by atoms with van der Waals surface area (Å²) in [6, 6.07) is 15.9. The van der Waals surface area contributed by atoms with Gasteiger partial charge in [0.25, 0.3) is 0 Å². The van der Waals surface area contributed by atoms with E-state index in [0.717, 1.165) is 28.3 Å². The Morgan fingerprint density at radius 2 is 1.97 bits per heavy atom. The minimum Gasteiger partial charge on any atom is -0.378 e. The standard InChI is InChI=1S/C23H27N5OS/c1-6-14-28-21(18-9-7-8-16(2)15-18)25-26-23(28)30-17(3)22(29)24-19-10-12-20(13-11-19)27(4)5/h6-13,15,17H,1,14H2,2-5H3,(H,24,29)/t17-/m0/s1. The second kappa shape index (κ2) is 9.63. The lowest BCUT2D eigenvalue weighted by Crippen LogP contribution is -2.23. The highest BCUT2D eigenvalue weighted by Gasteiger charge is 2.20. The molecule has 0 bridgehead atoms. The van der Waals surface area contributed by atoms with Gasteiger partial charge in [0.2, 0.25) is 5.91 Å². The number of aryl methyl sites for hydroxylation is 1. The van der Waals surface area contributed by atoms with Gasteiger partial charge in [-0.15, -0.1) is 16.8 Å². The molecule has 1 heterocycles. The Kier molecular flexibility index (Phi) is 6.95. The topological polar surface area (TPSA) is 63.1 Å². The first-order valence-corrected chi connectivity index (χ1v) is 10.6. The summed E-state index contributed by atoms with van der Waals surface area (Å²) in [7, 11) is 3.97. The zero-order valence-corrected chi connectivity index (χ0v) is 18.6. The molecule has 1 aromatic heterocycles. The van der Waals surface area contributed by atoms with Crippen molar-refractivity contribution in [2.75, 3.05) is 24.3 Å². The van der Waals surface area contributed by atoms with Crippen LogP contribution in [0.4, 0.5) is 11.4 Å². The highest BCUT2D eigenvalue weighted by atomic mass is 32.2. The van der Waals surface area contributed by atoms with Gasteiger partial charge in [0.15, 0.2) is 11.0 Å². The number of hydrogen-bond acceptors (Lipinski definition) is 5. The van der Waals surface area contributed by atoms with Gasteiger partial charge in [-0.1, -0.05) is 41.6 Å². The Labute approximate surface area is 182 Å². The third-order valence-corrected chi connectivity index (χ3v) is 5.69. The van der Waals surface area contributed by atoms with E-state index in [-0.39, 0.29) is 11.2 Å². The number of nitrogens with one attached hydrogen (secondary N) is 1. The number of aromatic nitrogens is 3. The number of carbonyl (C=O) groups is 1. The van der Waals surface area contributed by atoms with Gasteiger partial charge in [0.1, 0.15) is 0 Å². The van der Waals surface area contributed by atoms with E-state index in [0.29, 0.717) is 11.7 Å². The van der Waals surface area contributed by atoms with E-state index in [4.69, 9.17) is 0 Å². The van der Waals surface area contributed by atoms with Crippen LogP contribution in [0.25, 0.3) is 11.4 Å². The molecule has 30 heavy (non-hydrogen) atoms. The van der Waals surface area contributed by atoms with E-state index in [2.05, 4.69) is 28.2 Å². The second-order valence-electron chi connectivity index (χ2n) is 7.27. The number of nitrogens with zero attached hydrogens (tertiary/aromatic N) is 4. The van der Waals surface area contributed by atoms with Crippen molar-refractivity contribution in [3.63, 3.8) is 0 Å². The summed E-state index contributed by atoms with van der Waals surface area (Å²) in [5.74, 6) is 0.691. The third kappa shape index (κ3) is 5.10. The van der Waals surface area contributed by atoms with Crippen molar-refractivity contribution < 1.29 is 4.79 Å². The molecule has 3 rings (SSSR count). The Morgan fingerprint density at radius 1 is 1.23 bits per heavy atom. The second-order valence-corrected chi connectivity index (χ2v) is 8.57. The molecule has 0 unspecified atom stereocenters. The Morgan fingerprint density at radius 3 is 2.60 bits per heavy atom. The van der Waals surface area contributed by atoms with Crippen LogP contribution in [-0.2, 0) is 11.3 Å². The highest BCUT2D eigenvalue weighted by molar-refractivity contribution is 8.00. The fourth-order valence-corrected chi connectivity index (χ4v) is 3.82. The lowest BCUT2D eigenvalue weighted by atomic mass is 10.1. The molecule has 1 atom stereocenters. The molecule has 2 aromatic carbocycles. The number of rotatable bonds is 8. The smallest absolute Gasteiger partial charge is 0.237 e. The van der Waals surface area contributed by atoms with E-state index in [1.165, 1.54) is 11.8 Å². The molecule has 0 fully saturated rings. The molecule has 1 N–H and O–H groups in total. The van der Waals surface area contributed by atoms with Gasteiger partial charge >= 0.3 is 0 Å². The summed E-state index contributed by atoms with van der Waals surface area (Å²) < 4.78 is 1.99. The van der Waals surface area contributed by atoms with Crippen LogP contribution in [0.1, 0.15) is 12.5 Å². The van der Waals surface area contributed by atoms with Crippen LogP contribution in [0.2, 0.25) is 0 Å². The lowest BCUT2D eigenvalue weighted by Gasteiger charge is -2.15. The first-order valence-electron chi connectivity index (χ1n) is 9.75. The zero-order chi connectivity index (χ0) is 21.7. The highest BCUT2D eigenvalue weighted by Crippen LogP contribution is 2.28. The molecule has 1 amide bonds. The maximum Gasteiger partial charge on any atom is 0.237 e. The fraction of sp³-hybridized carbons (Fsp3) is 0.261. The Hall–Kier alpha value is -3.06. The number of hydrogen-bond donors (Lipinski definition) is 1. The Balaban J connectivity index is 1.74. The van der Waals surface area contributed by atoms with Gasteiger partial charge in [-0.25, -0.2) is 0 Å². The van der Waals surface area contributed by atoms with Crippen LogP contribution in [-0.4, -0.2) is 40.0 Å². The zero-order valence-electron chi connectivity index (χ0n) is 17.8. The third-order valence-electron chi connectivity index (χ3n) is 4.61. The molecule has 0 aliphatic carbocycles. The van der Waals surface area contributed by atoms with Crippen molar-refractivity contribution >= 4 is 29.0 Å². The first-order chi connectivity index (χ1) is 14.4. The molecule has 0 aliphatic rings. The Bertz CT molecular complexity index is 1030. The molecule has 0 saturated heterocycles. The van der Waals surface area contributed by atoms with Gasteiger partial charge in [0.05, 0.1) is 5.25 Å². The largest absolute Gasteiger partial charge is 0.378 e. The molecule has 156 valence electrons. The van der Waals surface area contributed by atoms with Crippen LogP contribution in [0.5, 0.6) is 0 Å². The predicted molar refractivity (Wildman–Crippen MR) is 125 cm³/mol. The number of allylic oxidation sites excluding steroid dienone is 1. The SMILES string of the molecule is C=CCn1c(S[C@@H](C)C(=O)Nc2ccc(N(C)C)cc2)nnc1-c1cccc(C)c1. The van der Waals surface area contributed by atoms with Crippen LogP contribution in [0, 0.1) is 6.92 Å². The van der Waals surface area contributed by atoms with Gasteiger partial charge < -0.3 is 10.2 Å². The number of thioether (sulfide) groups is 1. The summed E-state index contributed by atoms with van der Waals surface area (Å²) in [6.45, 7) is 8.33. The van der Waals surface area contributed by atoms with Gasteiger partial charge in [-0.2, -0.15) is 0 Å². The maximum atomic E-state index is 12.7. The average Bonchev–Trinajstić information content (AvgIpc) is 3.11. The van der Waals surface area contributed by atoms with Gasteiger partial charge in [0, 0.05) is 37.6 Å². The molecular weight excluding hydrogens is 394 g/mol. The van der Waals surface area contributed by atoms with Gasteiger partial charge in [-0.3, -0.25) is 9.36 Å².